The normalized spacial score (nSPS) is 31.7. The Labute approximate surface area is 376 Å². The molecule has 3 unspecified atom stereocenters. The van der Waals surface area contributed by atoms with Crippen molar-refractivity contribution in [1.29, 1.82) is 5.41 Å². The number of halogens is 3. The van der Waals surface area contributed by atoms with E-state index in [1.165, 1.54) is 25.2 Å². The molecule has 12 atom stereocenters. The van der Waals surface area contributed by atoms with Crippen molar-refractivity contribution < 1.29 is 95.8 Å². The van der Waals surface area contributed by atoms with Gasteiger partial charge in [-0.2, -0.15) is 0 Å². The second-order valence-corrected chi connectivity index (χ2v) is 16.0. The molecule has 0 radical (unpaired) electrons. The summed E-state index contributed by atoms with van der Waals surface area (Å²) in [6, 6.07) is 0. The van der Waals surface area contributed by atoms with Gasteiger partial charge in [-0.25, -0.2) is 4.79 Å². The summed E-state index contributed by atoms with van der Waals surface area (Å²) >= 11 is 17.7. The Morgan fingerprint density at radius 3 is 1.78 bits per heavy atom. The average molecular weight is 957 g/mol. The van der Waals surface area contributed by atoms with Gasteiger partial charge < -0.3 is 67.1 Å². The fraction of sp³-hybridized carbons (Fsp3) is 0.564. The number of hydrogen-bond acceptors (Lipinski definition) is 21. The molecule has 2 heterocycles. The summed E-state index contributed by atoms with van der Waals surface area (Å²) in [4.78, 5) is 75.6. The summed E-state index contributed by atoms with van der Waals surface area (Å²) in [7, 11) is 0. The lowest BCUT2D eigenvalue weighted by Crippen LogP contribution is -2.67. The van der Waals surface area contributed by atoms with Gasteiger partial charge in [-0.3, -0.25) is 29.4 Å². The third-order valence-electron chi connectivity index (χ3n) is 8.64. The second kappa shape index (κ2) is 23.0. The topological polar surface area (TPSA) is 277 Å². The molecule has 24 heteroatoms. The summed E-state index contributed by atoms with van der Waals surface area (Å²) in [6.07, 6.45) is -9.18. The zero-order valence-corrected chi connectivity index (χ0v) is 37.0. The largest absolute Gasteiger partial charge is 0.463 e. The van der Waals surface area contributed by atoms with Gasteiger partial charge in [0.25, 0.3) is 3.79 Å². The van der Waals surface area contributed by atoms with Crippen LogP contribution in [0.2, 0.25) is 0 Å². The van der Waals surface area contributed by atoms with Crippen LogP contribution >= 0.6 is 34.8 Å². The van der Waals surface area contributed by atoms with Crippen molar-refractivity contribution in [3.8, 4) is 0 Å². The summed E-state index contributed by atoms with van der Waals surface area (Å²) in [5.41, 5.74) is 0.0682. The van der Waals surface area contributed by atoms with Gasteiger partial charge in [0.2, 0.25) is 23.8 Å². The number of carbonyl (C=O) groups is 6. The third kappa shape index (κ3) is 14.8. The highest BCUT2D eigenvalue weighted by Gasteiger charge is 2.58. The average Bonchev–Trinajstić information content (AvgIpc) is 3.17. The fourth-order valence-electron chi connectivity index (χ4n) is 6.15. The summed E-state index contributed by atoms with van der Waals surface area (Å²) in [5, 5.41) is 30.6. The first-order valence-electron chi connectivity index (χ1n) is 18.7. The first-order chi connectivity index (χ1) is 29.3. The molecule has 0 saturated carbocycles. The van der Waals surface area contributed by atoms with Crippen LogP contribution in [0.4, 0.5) is 0 Å². The molecule has 0 aromatic rings. The summed E-state index contributed by atoms with van der Waals surface area (Å²) < 4.78 is 65.0. The van der Waals surface area contributed by atoms with E-state index in [2.05, 4.69) is 13.2 Å². The number of allylic oxidation sites excluding steroid dienone is 3. The summed E-state index contributed by atoms with van der Waals surface area (Å²) in [6.45, 7) is 12.3. The van der Waals surface area contributed by atoms with E-state index in [1.54, 1.807) is 0 Å². The number of rotatable bonds is 18. The number of hydrogen-bond donors (Lipinski definition) is 3. The highest BCUT2D eigenvalue weighted by atomic mass is 35.6. The van der Waals surface area contributed by atoms with E-state index < -0.39 is 125 Å². The molecule has 2 fully saturated rings. The van der Waals surface area contributed by atoms with Crippen molar-refractivity contribution in [3.05, 3.63) is 61.3 Å². The van der Waals surface area contributed by atoms with E-state index in [0.717, 1.165) is 58.9 Å². The maximum atomic E-state index is 13.8. The quantitative estimate of drug-likeness (QED) is 0.0260. The zero-order valence-electron chi connectivity index (χ0n) is 34.7. The maximum Gasteiger partial charge on any atom is 0.331 e. The monoisotopic (exact) mass is 955 g/mol. The molecule has 350 valence electrons. The molecule has 2 aliphatic heterocycles. The molecule has 0 aromatic heterocycles. The van der Waals surface area contributed by atoms with Gasteiger partial charge in [-0.05, 0) is 30.7 Å². The predicted molar refractivity (Wildman–Crippen MR) is 214 cm³/mol. The van der Waals surface area contributed by atoms with Gasteiger partial charge >= 0.3 is 35.8 Å². The minimum Gasteiger partial charge on any atom is -0.463 e. The number of alkyl halides is 3. The Hall–Kier alpha value is -4.42. The van der Waals surface area contributed by atoms with E-state index in [1.807, 2.05) is 0 Å². The molecule has 21 nitrogen and oxygen atoms in total. The molecule has 0 spiro atoms. The number of carbonyl (C=O) groups excluding carboxylic acids is 6. The van der Waals surface area contributed by atoms with Crippen molar-refractivity contribution in [2.75, 3.05) is 19.8 Å². The number of nitrogens with one attached hydrogen (secondary N) is 1. The van der Waals surface area contributed by atoms with Gasteiger partial charge in [0.1, 0.15) is 18.8 Å². The molecule has 63 heavy (non-hydrogen) atoms. The minimum absolute atomic E-state index is 0.0682. The highest BCUT2D eigenvalue weighted by molar-refractivity contribution is 6.76. The van der Waals surface area contributed by atoms with Gasteiger partial charge in [0.05, 0.1) is 19.3 Å². The Morgan fingerprint density at radius 2 is 1.25 bits per heavy atom. The number of ether oxygens (including phenoxy) is 12. The Balaban J connectivity index is 2.20. The molecular formula is C39H48Cl3NO20. The summed E-state index contributed by atoms with van der Waals surface area (Å²) in [5.74, 6) is -11.8. The molecule has 3 rings (SSSR count). The van der Waals surface area contributed by atoms with Crippen molar-refractivity contribution in [2.45, 2.75) is 118 Å². The van der Waals surface area contributed by atoms with Crippen molar-refractivity contribution in [1.82, 2.24) is 0 Å². The van der Waals surface area contributed by atoms with Crippen LogP contribution in [-0.4, -0.2) is 149 Å². The van der Waals surface area contributed by atoms with Gasteiger partial charge in [0, 0.05) is 40.7 Å². The zero-order chi connectivity index (χ0) is 47.4. The molecule has 0 aromatic carbocycles. The smallest absolute Gasteiger partial charge is 0.331 e. The third-order valence-corrected chi connectivity index (χ3v) is 9.16. The Bertz CT molecular complexity index is 1830. The lowest BCUT2D eigenvalue weighted by atomic mass is 9.94. The lowest BCUT2D eigenvalue weighted by Gasteiger charge is -2.48. The molecule has 2 saturated heterocycles. The first-order valence-corrected chi connectivity index (χ1v) is 19.8. The molecule has 1 aliphatic carbocycles. The van der Waals surface area contributed by atoms with Gasteiger partial charge in [-0.1, -0.05) is 53.0 Å². The van der Waals surface area contributed by atoms with Crippen LogP contribution in [0.25, 0.3) is 0 Å². The molecule has 3 aliphatic rings. The van der Waals surface area contributed by atoms with Crippen LogP contribution in [-0.2, 0) is 85.6 Å². The number of aliphatic hydroxyl groups is 2. The van der Waals surface area contributed by atoms with Gasteiger partial charge in [0.15, 0.2) is 36.8 Å². The predicted octanol–water partition coefficient (Wildman–Crippen LogP) is 2.24. The van der Waals surface area contributed by atoms with Crippen LogP contribution < -0.4 is 0 Å². The van der Waals surface area contributed by atoms with Crippen LogP contribution in [0.1, 0.15) is 41.5 Å². The SMILES string of the molecule is C=CCOC1(O)C=CC(/C=C/C(=O)O[C@H]2[C@H](O[C@@H]3O[C@@H](C)[C@H](OC(C)=O)[C@@H](OC(C)=O)[C@H]3OC(C)=O)[C@@H](OC(C)=O)C(OC(=N)C(Cl)(Cl)Cl)O[C@@H]2COC(C)=O)=CC1(O)OCC=C. The van der Waals surface area contributed by atoms with E-state index in [-0.39, 0.29) is 18.8 Å². The number of esters is 6. The Kier molecular flexibility index (Phi) is 19.3. The van der Waals surface area contributed by atoms with E-state index >= 15 is 0 Å². The van der Waals surface area contributed by atoms with E-state index in [4.69, 9.17) is 97.1 Å². The first kappa shape index (κ1) is 52.9. The molecule has 0 amide bonds. The van der Waals surface area contributed by atoms with Crippen LogP contribution in [0.3, 0.4) is 0 Å². The lowest BCUT2D eigenvalue weighted by molar-refractivity contribution is -0.353. The minimum atomic E-state index is -2.52. The molecule has 0 bridgehead atoms. The fourth-order valence-corrected chi connectivity index (χ4v) is 6.29. The molecular weight excluding hydrogens is 909 g/mol. The Morgan fingerprint density at radius 1 is 0.730 bits per heavy atom. The standard InChI is InChI=1S/C39H48Cl3NO20/c1-9-15-53-37(50)14-13-25(17-38(37,51)54-16-10-2)11-12-27(49)61-29-26(18-52-20(4)44)60-35(63-36(43)39(40,41)42)33(59-24(8)48)31(29)62-34-32(58-23(7)47)30(57-22(6)46)28(19(3)55-34)56-21(5)45/h9-14,17,19,26,28-35,43,50-51H,1-2,15-16,18H2,3-8H3/b12-11+,43-36?/t19-,26+,28-,29+,30+,31-,32+,33+,34-,35?,37?,38?/m0/s1. The van der Waals surface area contributed by atoms with Crippen molar-refractivity contribution in [2.24, 2.45) is 0 Å². The maximum absolute atomic E-state index is 13.8. The van der Waals surface area contributed by atoms with Crippen LogP contribution in [0.5, 0.6) is 0 Å². The second-order valence-electron chi connectivity index (χ2n) is 13.7. The molecule has 3 N–H and O–H groups in total. The van der Waals surface area contributed by atoms with Crippen LogP contribution in [0.15, 0.2) is 61.3 Å². The highest BCUT2D eigenvalue weighted by Crippen LogP contribution is 2.38. The van der Waals surface area contributed by atoms with Gasteiger partial charge in [-0.15, -0.1) is 13.2 Å². The van der Waals surface area contributed by atoms with Crippen molar-refractivity contribution >= 4 is 76.5 Å². The van der Waals surface area contributed by atoms with E-state index in [0.29, 0.717) is 0 Å². The van der Waals surface area contributed by atoms with Crippen LogP contribution in [0, 0.1) is 5.41 Å². The van der Waals surface area contributed by atoms with Crippen molar-refractivity contribution in [3.63, 3.8) is 0 Å². The van der Waals surface area contributed by atoms with E-state index in [9.17, 15) is 39.0 Å².